The van der Waals surface area contributed by atoms with E-state index in [9.17, 15) is 0 Å². The summed E-state index contributed by atoms with van der Waals surface area (Å²) in [4.78, 5) is 5.10. The van der Waals surface area contributed by atoms with Gasteiger partial charge in [0.25, 0.3) is 0 Å². The van der Waals surface area contributed by atoms with Crippen molar-refractivity contribution in [3.8, 4) is 0 Å². The molecule has 88 valence electrons. The van der Waals surface area contributed by atoms with E-state index in [2.05, 4.69) is 16.8 Å². The highest BCUT2D eigenvalue weighted by Gasteiger charge is 2.27. The highest BCUT2D eigenvalue weighted by Crippen LogP contribution is 2.21. The Kier molecular flexibility index (Phi) is 4.00. The second-order valence-corrected chi connectivity index (χ2v) is 5.03. The number of piperidine rings is 2. The topological polar surface area (TPSA) is 15.7 Å². The molecule has 0 aromatic carbocycles. The van der Waals surface area contributed by atoms with Gasteiger partial charge in [0, 0.05) is 19.7 Å². The van der Waals surface area contributed by atoms with Gasteiger partial charge >= 0.3 is 0 Å². The summed E-state index contributed by atoms with van der Waals surface area (Å²) in [6.07, 6.45) is 5.73. The van der Waals surface area contributed by atoms with Crippen LogP contribution in [0.3, 0.4) is 0 Å². The van der Waals surface area contributed by atoms with Crippen molar-refractivity contribution < 1.29 is 4.74 Å². The predicted molar refractivity (Wildman–Crippen MR) is 62.1 cm³/mol. The molecule has 15 heavy (non-hydrogen) atoms. The molecular weight excluding hydrogens is 188 g/mol. The lowest BCUT2D eigenvalue weighted by Crippen LogP contribution is -2.49. The highest BCUT2D eigenvalue weighted by molar-refractivity contribution is 4.83. The van der Waals surface area contributed by atoms with Crippen LogP contribution in [0, 0.1) is 0 Å². The average molecular weight is 212 g/mol. The minimum Gasteiger partial charge on any atom is -0.380 e. The standard InChI is InChI=1S/C12H24N2O/c1-13-8-5-11(6-9-13)14-7-3-4-12(10-14)15-2/h11-12H,3-10H2,1-2H3. The fraction of sp³-hybridized carbons (Fsp3) is 1.00. The van der Waals surface area contributed by atoms with Crippen molar-refractivity contribution in [3.05, 3.63) is 0 Å². The second kappa shape index (κ2) is 5.28. The van der Waals surface area contributed by atoms with E-state index < -0.39 is 0 Å². The van der Waals surface area contributed by atoms with Gasteiger partial charge in [0.15, 0.2) is 0 Å². The molecule has 0 amide bonds. The zero-order chi connectivity index (χ0) is 10.7. The molecule has 0 saturated carbocycles. The number of ether oxygens (including phenoxy) is 1. The molecular formula is C12H24N2O. The van der Waals surface area contributed by atoms with Crippen molar-refractivity contribution in [1.82, 2.24) is 9.80 Å². The Hall–Kier alpha value is -0.120. The number of methoxy groups -OCH3 is 1. The first-order valence-corrected chi connectivity index (χ1v) is 6.25. The van der Waals surface area contributed by atoms with Crippen molar-refractivity contribution >= 4 is 0 Å². The Morgan fingerprint density at radius 1 is 1.07 bits per heavy atom. The van der Waals surface area contributed by atoms with Crippen molar-refractivity contribution in [2.45, 2.75) is 37.8 Å². The third-order valence-electron chi connectivity index (χ3n) is 3.95. The van der Waals surface area contributed by atoms with E-state index in [-0.39, 0.29) is 0 Å². The summed E-state index contributed by atoms with van der Waals surface area (Å²) in [7, 11) is 4.08. The number of rotatable bonds is 2. The summed E-state index contributed by atoms with van der Waals surface area (Å²) in [5.74, 6) is 0. The van der Waals surface area contributed by atoms with Crippen LogP contribution in [-0.4, -0.2) is 62.3 Å². The molecule has 1 unspecified atom stereocenters. The minimum absolute atomic E-state index is 0.485. The molecule has 1 atom stereocenters. The van der Waals surface area contributed by atoms with Crippen LogP contribution in [0.5, 0.6) is 0 Å². The van der Waals surface area contributed by atoms with E-state index in [0.29, 0.717) is 6.10 Å². The minimum atomic E-state index is 0.485. The quantitative estimate of drug-likeness (QED) is 0.684. The number of hydrogen-bond donors (Lipinski definition) is 0. The van der Waals surface area contributed by atoms with E-state index in [1.807, 2.05) is 7.11 Å². The molecule has 0 spiro atoms. The van der Waals surface area contributed by atoms with Crippen molar-refractivity contribution in [1.29, 1.82) is 0 Å². The normalized spacial score (nSPS) is 32.0. The number of hydrogen-bond acceptors (Lipinski definition) is 3. The van der Waals surface area contributed by atoms with Gasteiger partial charge in [-0.25, -0.2) is 0 Å². The first-order valence-electron chi connectivity index (χ1n) is 6.25. The van der Waals surface area contributed by atoms with Gasteiger partial charge in [0.1, 0.15) is 0 Å². The highest BCUT2D eigenvalue weighted by atomic mass is 16.5. The van der Waals surface area contributed by atoms with Crippen LogP contribution in [-0.2, 0) is 4.74 Å². The van der Waals surface area contributed by atoms with E-state index in [1.165, 1.54) is 45.3 Å². The second-order valence-electron chi connectivity index (χ2n) is 5.03. The summed E-state index contributed by atoms with van der Waals surface area (Å²) < 4.78 is 5.48. The third-order valence-corrected chi connectivity index (χ3v) is 3.95. The van der Waals surface area contributed by atoms with Gasteiger partial charge < -0.3 is 9.64 Å². The van der Waals surface area contributed by atoms with Crippen LogP contribution in [0.15, 0.2) is 0 Å². The third kappa shape index (κ3) is 2.92. The average Bonchev–Trinajstić information content (AvgIpc) is 2.30. The van der Waals surface area contributed by atoms with E-state index in [1.54, 1.807) is 0 Å². The smallest absolute Gasteiger partial charge is 0.0698 e. The van der Waals surface area contributed by atoms with Gasteiger partial charge in [-0.15, -0.1) is 0 Å². The zero-order valence-corrected chi connectivity index (χ0v) is 10.1. The van der Waals surface area contributed by atoms with Gasteiger partial charge in [0.2, 0.25) is 0 Å². The SMILES string of the molecule is COC1CCCN(C2CCN(C)CC2)C1. The fourth-order valence-corrected chi connectivity index (χ4v) is 2.85. The van der Waals surface area contributed by atoms with Crippen LogP contribution in [0.2, 0.25) is 0 Å². The summed E-state index contributed by atoms with van der Waals surface area (Å²) in [5.41, 5.74) is 0. The molecule has 3 nitrogen and oxygen atoms in total. The first-order chi connectivity index (χ1) is 7.29. The molecule has 2 saturated heterocycles. The number of likely N-dealkylation sites (tertiary alicyclic amines) is 2. The molecule has 2 fully saturated rings. The molecule has 0 aromatic rings. The van der Waals surface area contributed by atoms with Gasteiger partial charge in [-0.3, -0.25) is 4.90 Å². The van der Waals surface area contributed by atoms with Gasteiger partial charge in [-0.05, 0) is 52.4 Å². The summed E-state index contributed by atoms with van der Waals surface area (Å²) in [6.45, 7) is 4.97. The monoisotopic (exact) mass is 212 g/mol. The summed E-state index contributed by atoms with van der Waals surface area (Å²) >= 11 is 0. The van der Waals surface area contributed by atoms with Crippen LogP contribution >= 0.6 is 0 Å². The maximum atomic E-state index is 5.48. The van der Waals surface area contributed by atoms with Crippen molar-refractivity contribution in [3.63, 3.8) is 0 Å². The van der Waals surface area contributed by atoms with Crippen molar-refractivity contribution in [2.75, 3.05) is 40.3 Å². The Morgan fingerprint density at radius 3 is 2.47 bits per heavy atom. The summed E-state index contributed by atoms with van der Waals surface area (Å²) in [6, 6.07) is 0.819. The molecule has 2 heterocycles. The Morgan fingerprint density at radius 2 is 1.80 bits per heavy atom. The first kappa shape index (κ1) is 11.4. The predicted octanol–water partition coefficient (Wildman–Crippen LogP) is 1.19. The molecule has 0 aliphatic carbocycles. The van der Waals surface area contributed by atoms with Crippen LogP contribution < -0.4 is 0 Å². The van der Waals surface area contributed by atoms with Crippen molar-refractivity contribution in [2.24, 2.45) is 0 Å². The molecule has 2 rings (SSSR count). The Bertz CT molecular complexity index is 190. The molecule has 0 N–H and O–H groups in total. The van der Waals surface area contributed by atoms with Gasteiger partial charge in [-0.2, -0.15) is 0 Å². The lowest BCUT2D eigenvalue weighted by molar-refractivity contribution is 0.00286. The fourth-order valence-electron chi connectivity index (χ4n) is 2.85. The van der Waals surface area contributed by atoms with Crippen LogP contribution in [0.4, 0.5) is 0 Å². The van der Waals surface area contributed by atoms with E-state index in [4.69, 9.17) is 4.74 Å². The molecule has 0 bridgehead atoms. The van der Waals surface area contributed by atoms with Crippen LogP contribution in [0.1, 0.15) is 25.7 Å². The Balaban J connectivity index is 1.82. The maximum Gasteiger partial charge on any atom is 0.0698 e. The van der Waals surface area contributed by atoms with E-state index >= 15 is 0 Å². The zero-order valence-electron chi connectivity index (χ0n) is 10.1. The Labute approximate surface area is 93.4 Å². The lowest BCUT2D eigenvalue weighted by atomic mass is 9.99. The molecule has 0 radical (unpaired) electrons. The van der Waals surface area contributed by atoms with E-state index in [0.717, 1.165) is 12.6 Å². The largest absolute Gasteiger partial charge is 0.380 e. The molecule has 2 aliphatic rings. The van der Waals surface area contributed by atoms with Gasteiger partial charge in [-0.1, -0.05) is 0 Å². The molecule has 2 aliphatic heterocycles. The summed E-state index contributed by atoms with van der Waals surface area (Å²) in [5, 5.41) is 0. The number of nitrogens with zero attached hydrogens (tertiary/aromatic N) is 2. The van der Waals surface area contributed by atoms with Crippen LogP contribution in [0.25, 0.3) is 0 Å². The van der Waals surface area contributed by atoms with Gasteiger partial charge in [0.05, 0.1) is 6.10 Å². The molecule has 3 heteroatoms. The molecule has 0 aromatic heterocycles. The maximum absolute atomic E-state index is 5.48. The lowest BCUT2D eigenvalue weighted by Gasteiger charge is -2.41.